The van der Waals surface area contributed by atoms with Crippen LogP contribution in [0, 0.1) is 0 Å². The largest absolute Gasteiger partial charge is 0.493 e. The molecule has 0 fully saturated rings. The van der Waals surface area contributed by atoms with Gasteiger partial charge < -0.3 is 14.8 Å². The standard InChI is InChI=1S/C22H27N3O4/c1-23-22(27)24-20(26)10-12-25-11-9-16-13-18(28-2)19(29-3)14-17(16)21(25)15-7-5-4-6-8-15/h4-8,13-14,21H,9-12H2,1-3H3,(H2,23,24,26,27). The van der Waals surface area contributed by atoms with Crippen LogP contribution >= 0.6 is 0 Å². The second kappa shape index (κ2) is 9.43. The fraction of sp³-hybridized carbons (Fsp3) is 0.364. The Hall–Kier alpha value is -3.06. The number of hydrogen-bond acceptors (Lipinski definition) is 5. The van der Waals surface area contributed by atoms with Crippen LogP contribution in [0.4, 0.5) is 4.79 Å². The zero-order chi connectivity index (χ0) is 20.8. The molecule has 1 atom stereocenters. The summed E-state index contributed by atoms with van der Waals surface area (Å²) in [6.45, 7) is 1.34. The number of imide groups is 1. The predicted octanol–water partition coefficient (Wildman–Crippen LogP) is 2.50. The van der Waals surface area contributed by atoms with Crippen LogP contribution in [0.25, 0.3) is 0 Å². The average molecular weight is 397 g/mol. The van der Waals surface area contributed by atoms with E-state index in [0.717, 1.165) is 29.8 Å². The number of hydrogen-bond donors (Lipinski definition) is 2. The van der Waals surface area contributed by atoms with Crippen LogP contribution in [0.1, 0.15) is 29.2 Å². The zero-order valence-electron chi connectivity index (χ0n) is 17.0. The summed E-state index contributed by atoms with van der Waals surface area (Å²) in [6, 6.07) is 13.8. The number of fused-ring (bicyclic) bond motifs is 1. The van der Waals surface area contributed by atoms with Gasteiger partial charge >= 0.3 is 6.03 Å². The van der Waals surface area contributed by atoms with Gasteiger partial charge in [0.05, 0.1) is 20.3 Å². The van der Waals surface area contributed by atoms with Crippen molar-refractivity contribution in [3.8, 4) is 11.5 Å². The fourth-order valence-corrected chi connectivity index (χ4v) is 3.76. The van der Waals surface area contributed by atoms with E-state index in [4.69, 9.17) is 9.47 Å². The minimum absolute atomic E-state index is 0.00689. The molecule has 29 heavy (non-hydrogen) atoms. The summed E-state index contributed by atoms with van der Waals surface area (Å²) in [5.74, 6) is 1.11. The summed E-state index contributed by atoms with van der Waals surface area (Å²) in [7, 11) is 4.75. The molecular weight excluding hydrogens is 370 g/mol. The molecule has 2 aromatic carbocycles. The summed E-state index contributed by atoms with van der Waals surface area (Å²) >= 11 is 0. The number of carbonyl (C=O) groups excluding carboxylic acids is 2. The topological polar surface area (TPSA) is 79.9 Å². The molecule has 1 unspecified atom stereocenters. The number of methoxy groups -OCH3 is 2. The average Bonchev–Trinajstić information content (AvgIpc) is 2.76. The lowest BCUT2D eigenvalue weighted by atomic mass is 9.87. The van der Waals surface area contributed by atoms with Crippen molar-refractivity contribution in [1.29, 1.82) is 0 Å². The third-order valence-electron chi connectivity index (χ3n) is 5.19. The first kappa shape index (κ1) is 20.7. The summed E-state index contributed by atoms with van der Waals surface area (Å²) < 4.78 is 11.0. The van der Waals surface area contributed by atoms with Crippen LogP contribution < -0.4 is 20.1 Å². The normalized spacial score (nSPS) is 15.9. The molecule has 0 aliphatic carbocycles. The lowest BCUT2D eigenvalue weighted by Gasteiger charge is -2.38. The van der Waals surface area contributed by atoms with E-state index in [-0.39, 0.29) is 18.4 Å². The van der Waals surface area contributed by atoms with Gasteiger partial charge in [0.2, 0.25) is 5.91 Å². The number of nitrogens with zero attached hydrogens (tertiary/aromatic N) is 1. The molecule has 1 heterocycles. The maximum absolute atomic E-state index is 12.1. The monoisotopic (exact) mass is 397 g/mol. The first-order valence-electron chi connectivity index (χ1n) is 9.62. The van der Waals surface area contributed by atoms with Gasteiger partial charge in [0.1, 0.15) is 0 Å². The van der Waals surface area contributed by atoms with Gasteiger partial charge in [0.25, 0.3) is 0 Å². The number of amides is 3. The minimum atomic E-state index is -0.490. The molecule has 7 nitrogen and oxygen atoms in total. The van der Waals surface area contributed by atoms with Gasteiger partial charge in [0.15, 0.2) is 11.5 Å². The lowest BCUT2D eigenvalue weighted by molar-refractivity contribution is -0.120. The highest BCUT2D eigenvalue weighted by Gasteiger charge is 2.30. The number of urea groups is 1. The van der Waals surface area contributed by atoms with Crippen LogP contribution in [-0.2, 0) is 11.2 Å². The minimum Gasteiger partial charge on any atom is -0.493 e. The van der Waals surface area contributed by atoms with Crippen molar-refractivity contribution in [2.75, 3.05) is 34.4 Å². The van der Waals surface area contributed by atoms with Gasteiger partial charge in [-0.2, -0.15) is 0 Å². The molecule has 1 aliphatic heterocycles. The molecule has 2 aromatic rings. The predicted molar refractivity (Wildman–Crippen MR) is 110 cm³/mol. The van der Waals surface area contributed by atoms with Crippen molar-refractivity contribution >= 4 is 11.9 Å². The Morgan fingerprint density at radius 1 is 1.10 bits per heavy atom. The van der Waals surface area contributed by atoms with E-state index in [2.05, 4.69) is 27.7 Å². The van der Waals surface area contributed by atoms with Crippen molar-refractivity contribution in [3.63, 3.8) is 0 Å². The number of ether oxygens (including phenoxy) is 2. The smallest absolute Gasteiger partial charge is 0.321 e. The van der Waals surface area contributed by atoms with E-state index in [0.29, 0.717) is 12.3 Å². The molecule has 0 spiro atoms. The molecule has 0 saturated heterocycles. The van der Waals surface area contributed by atoms with E-state index in [9.17, 15) is 9.59 Å². The maximum atomic E-state index is 12.1. The van der Waals surface area contributed by atoms with Gasteiger partial charge in [-0.3, -0.25) is 15.0 Å². The Bertz CT molecular complexity index is 870. The van der Waals surface area contributed by atoms with Crippen LogP contribution in [0.15, 0.2) is 42.5 Å². The van der Waals surface area contributed by atoms with Crippen LogP contribution in [0.5, 0.6) is 11.5 Å². The molecule has 0 radical (unpaired) electrons. The quantitative estimate of drug-likeness (QED) is 0.783. The van der Waals surface area contributed by atoms with Crippen LogP contribution in [0.3, 0.4) is 0 Å². The molecule has 154 valence electrons. The molecule has 0 bridgehead atoms. The Labute approximate surface area is 171 Å². The van der Waals surface area contributed by atoms with E-state index in [1.165, 1.54) is 12.6 Å². The Balaban J connectivity index is 1.90. The SMILES string of the molecule is CNC(=O)NC(=O)CCN1CCc2cc(OC)c(OC)cc2C1c1ccccc1. The number of benzene rings is 2. The summed E-state index contributed by atoms with van der Waals surface area (Å²) in [6.07, 6.45) is 1.08. The molecule has 3 amide bonds. The van der Waals surface area contributed by atoms with Crippen molar-refractivity contribution in [2.45, 2.75) is 18.9 Å². The second-order valence-corrected chi connectivity index (χ2v) is 6.88. The lowest BCUT2D eigenvalue weighted by Crippen LogP contribution is -2.41. The van der Waals surface area contributed by atoms with Crippen LogP contribution in [-0.4, -0.2) is 51.2 Å². The third kappa shape index (κ3) is 4.68. The van der Waals surface area contributed by atoms with E-state index < -0.39 is 6.03 Å². The molecule has 3 rings (SSSR count). The molecule has 0 aromatic heterocycles. The highest BCUT2D eigenvalue weighted by Crippen LogP contribution is 2.40. The Morgan fingerprint density at radius 3 is 2.45 bits per heavy atom. The van der Waals surface area contributed by atoms with Gasteiger partial charge in [-0.25, -0.2) is 4.79 Å². The van der Waals surface area contributed by atoms with Gasteiger partial charge in [-0.05, 0) is 35.2 Å². The molecular formula is C22H27N3O4. The first-order valence-corrected chi connectivity index (χ1v) is 9.62. The zero-order valence-corrected chi connectivity index (χ0v) is 17.0. The van der Waals surface area contributed by atoms with E-state index >= 15 is 0 Å². The number of nitrogens with one attached hydrogen (secondary N) is 2. The fourth-order valence-electron chi connectivity index (χ4n) is 3.76. The summed E-state index contributed by atoms with van der Waals surface area (Å²) in [5.41, 5.74) is 3.50. The highest BCUT2D eigenvalue weighted by molar-refractivity contribution is 5.94. The van der Waals surface area contributed by atoms with Crippen molar-refractivity contribution in [3.05, 3.63) is 59.2 Å². The van der Waals surface area contributed by atoms with Crippen LogP contribution in [0.2, 0.25) is 0 Å². The highest BCUT2D eigenvalue weighted by atomic mass is 16.5. The van der Waals surface area contributed by atoms with E-state index in [1.807, 2.05) is 30.3 Å². The molecule has 2 N–H and O–H groups in total. The molecule has 0 saturated carbocycles. The van der Waals surface area contributed by atoms with E-state index in [1.54, 1.807) is 14.2 Å². The summed E-state index contributed by atoms with van der Waals surface area (Å²) in [4.78, 5) is 25.7. The molecule has 1 aliphatic rings. The van der Waals surface area contributed by atoms with Gasteiger partial charge in [-0.15, -0.1) is 0 Å². The van der Waals surface area contributed by atoms with Crippen molar-refractivity contribution in [2.24, 2.45) is 0 Å². The summed E-state index contributed by atoms with van der Waals surface area (Å²) in [5, 5.41) is 4.72. The first-order chi connectivity index (χ1) is 14.1. The third-order valence-corrected chi connectivity index (χ3v) is 5.19. The van der Waals surface area contributed by atoms with Crippen molar-refractivity contribution < 1.29 is 19.1 Å². The van der Waals surface area contributed by atoms with Crippen molar-refractivity contribution in [1.82, 2.24) is 15.5 Å². The molecule has 7 heteroatoms. The number of carbonyl (C=O) groups is 2. The second-order valence-electron chi connectivity index (χ2n) is 6.88. The van der Waals surface area contributed by atoms with Gasteiger partial charge in [0, 0.05) is 26.6 Å². The number of rotatable bonds is 6. The Kier molecular flexibility index (Phi) is 6.72. The maximum Gasteiger partial charge on any atom is 0.321 e. The van der Waals surface area contributed by atoms with Gasteiger partial charge in [-0.1, -0.05) is 30.3 Å². The Morgan fingerprint density at radius 2 is 1.79 bits per heavy atom.